The first-order chi connectivity index (χ1) is 11.5. The molecule has 2 N–H and O–H groups in total. The Morgan fingerprint density at radius 3 is 2.58 bits per heavy atom. The summed E-state index contributed by atoms with van der Waals surface area (Å²) in [6.45, 7) is 2.36. The molecular formula is C17H20FN3O2S. The Morgan fingerprint density at radius 1 is 1.25 bits per heavy atom. The van der Waals surface area contributed by atoms with Gasteiger partial charge >= 0.3 is 6.03 Å². The quantitative estimate of drug-likeness (QED) is 0.843. The summed E-state index contributed by atoms with van der Waals surface area (Å²) in [4.78, 5) is 26.5. The van der Waals surface area contributed by atoms with Crippen LogP contribution in [0, 0.1) is 5.82 Å². The number of nitrogens with zero attached hydrogens (tertiary/aromatic N) is 1. The second kappa shape index (κ2) is 8.56. The molecule has 0 radical (unpaired) electrons. The maximum absolute atomic E-state index is 13.0. The number of hydrogen-bond donors (Lipinski definition) is 2. The summed E-state index contributed by atoms with van der Waals surface area (Å²) in [5.41, 5.74) is 0.897. The Balaban J connectivity index is 1.78. The van der Waals surface area contributed by atoms with Gasteiger partial charge in [-0.1, -0.05) is 18.2 Å². The first kappa shape index (κ1) is 18.1. The van der Waals surface area contributed by atoms with Gasteiger partial charge in [-0.15, -0.1) is 11.3 Å². The molecule has 1 unspecified atom stereocenters. The average Bonchev–Trinajstić information content (AvgIpc) is 3.06. The van der Waals surface area contributed by atoms with Crippen molar-refractivity contribution in [2.75, 3.05) is 13.6 Å². The number of carbonyl (C=O) groups excluding carboxylic acids is 2. The van der Waals surface area contributed by atoms with E-state index in [1.807, 2.05) is 24.4 Å². The molecule has 0 saturated carbocycles. The van der Waals surface area contributed by atoms with Gasteiger partial charge < -0.3 is 5.32 Å². The lowest BCUT2D eigenvalue weighted by Crippen LogP contribution is -2.43. The van der Waals surface area contributed by atoms with E-state index >= 15 is 0 Å². The van der Waals surface area contributed by atoms with Gasteiger partial charge in [-0.25, -0.2) is 9.18 Å². The molecular weight excluding hydrogens is 329 g/mol. The fraction of sp³-hybridized carbons (Fsp3) is 0.294. The molecule has 1 heterocycles. The number of nitrogens with one attached hydrogen (secondary N) is 2. The summed E-state index contributed by atoms with van der Waals surface area (Å²) in [6, 6.07) is 9.35. The van der Waals surface area contributed by atoms with Gasteiger partial charge in [-0.3, -0.25) is 15.0 Å². The van der Waals surface area contributed by atoms with Crippen molar-refractivity contribution in [2.45, 2.75) is 19.5 Å². The molecule has 3 amide bonds. The number of thiophene rings is 1. The first-order valence-corrected chi connectivity index (χ1v) is 8.39. The van der Waals surface area contributed by atoms with E-state index in [1.165, 1.54) is 23.5 Å². The third kappa shape index (κ3) is 5.43. The van der Waals surface area contributed by atoms with Crippen molar-refractivity contribution in [3.05, 3.63) is 58.0 Å². The largest absolute Gasteiger partial charge is 0.333 e. The number of hydrogen-bond acceptors (Lipinski definition) is 4. The standard InChI is InChI=1S/C17H20FN3O2S/c1-12(13-5-7-14(18)8-6-13)21(2)11-16(22)20-17(23)19-10-15-4-3-9-24-15/h3-9,12H,10-11H2,1-2H3,(H2,19,20,22,23). The molecule has 1 aromatic carbocycles. The lowest BCUT2D eigenvalue weighted by atomic mass is 10.1. The molecule has 1 aromatic heterocycles. The minimum atomic E-state index is -0.517. The van der Waals surface area contributed by atoms with E-state index in [9.17, 15) is 14.0 Å². The maximum atomic E-state index is 13.0. The third-order valence-electron chi connectivity index (χ3n) is 3.66. The van der Waals surface area contributed by atoms with Crippen molar-refractivity contribution >= 4 is 23.3 Å². The summed E-state index contributed by atoms with van der Waals surface area (Å²) in [7, 11) is 1.77. The molecule has 0 bridgehead atoms. The number of imide groups is 1. The Labute approximate surface area is 144 Å². The number of carbonyl (C=O) groups is 2. The van der Waals surface area contributed by atoms with Crippen LogP contribution in [0.15, 0.2) is 41.8 Å². The SMILES string of the molecule is CC(c1ccc(F)cc1)N(C)CC(=O)NC(=O)NCc1cccs1. The predicted octanol–water partition coefficient (Wildman–Crippen LogP) is 2.91. The molecule has 24 heavy (non-hydrogen) atoms. The van der Waals surface area contributed by atoms with Gasteiger partial charge in [0.1, 0.15) is 5.82 Å². The van der Waals surface area contributed by atoms with Crippen LogP contribution >= 0.6 is 11.3 Å². The molecule has 128 valence electrons. The van der Waals surface area contributed by atoms with Gasteiger partial charge in [-0.2, -0.15) is 0 Å². The summed E-state index contributed by atoms with van der Waals surface area (Å²) < 4.78 is 13.0. The topological polar surface area (TPSA) is 61.4 Å². The molecule has 1 atom stereocenters. The lowest BCUT2D eigenvalue weighted by molar-refractivity contribution is -0.121. The smallest absolute Gasteiger partial charge is 0.321 e. The molecule has 0 aliphatic carbocycles. The lowest BCUT2D eigenvalue weighted by Gasteiger charge is -2.24. The first-order valence-electron chi connectivity index (χ1n) is 7.51. The highest BCUT2D eigenvalue weighted by molar-refractivity contribution is 7.09. The van der Waals surface area contributed by atoms with Crippen LogP contribution in [-0.2, 0) is 11.3 Å². The normalized spacial score (nSPS) is 12.0. The van der Waals surface area contributed by atoms with Crippen molar-refractivity contribution in [3.63, 3.8) is 0 Å². The molecule has 7 heteroatoms. The molecule has 2 aromatic rings. The predicted molar refractivity (Wildman–Crippen MR) is 92.1 cm³/mol. The van der Waals surface area contributed by atoms with E-state index < -0.39 is 11.9 Å². The number of halogens is 1. The van der Waals surface area contributed by atoms with Crippen LogP contribution < -0.4 is 10.6 Å². The van der Waals surface area contributed by atoms with Crippen molar-refractivity contribution < 1.29 is 14.0 Å². The molecule has 0 fully saturated rings. The molecule has 5 nitrogen and oxygen atoms in total. The zero-order valence-corrected chi connectivity index (χ0v) is 14.4. The highest BCUT2D eigenvalue weighted by atomic mass is 32.1. The van der Waals surface area contributed by atoms with Crippen LogP contribution in [-0.4, -0.2) is 30.4 Å². The molecule has 2 rings (SSSR count). The zero-order chi connectivity index (χ0) is 17.5. The Hall–Kier alpha value is -2.25. The number of urea groups is 1. The Bertz CT molecular complexity index is 674. The maximum Gasteiger partial charge on any atom is 0.321 e. The second-order valence-corrected chi connectivity index (χ2v) is 6.49. The van der Waals surface area contributed by atoms with Crippen molar-refractivity contribution in [3.8, 4) is 0 Å². The highest BCUT2D eigenvalue weighted by Crippen LogP contribution is 2.18. The van der Waals surface area contributed by atoms with E-state index in [4.69, 9.17) is 0 Å². The number of benzene rings is 1. The van der Waals surface area contributed by atoms with E-state index in [2.05, 4.69) is 10.6 Å². The van der Waals surface area contributed by atoms with Crippen molar-refractivity contribution in [2.24, 2.45) is 0 Å². The van der Waals surface area contributed by atoms with Gasteiger partial charge in [0.05, 0.1) is 13.1 Å². The summed E-state index contributed by atoms with van der Waals surface area (Å²) in [5.74, 6) is -0.691. The fourth-order valence-electron chi connectivity index (χ4n) is 2.15. The van der Waals surface area contributed by atoms with Crippen LogP contribution in [0.3, 0.4) is 0 Å². The summed E-state index contributed by atoms with van der Waals surface area (Å²) in [5, 5.41) is 6.86. The average molecular weight is 349 g/mol. The third-order valence-corrected chi connectivity index (χ3v) is 4.54. The van der Waals surface area contributed by atoms with Crippen LogP contribution in [0.25, 0.3) is 0 Å². The van der Waals surface area contributed by atoms with E-state index in [0.29, 0.717) is 6.54 Å². The minimum absolute atomic E-state index is 0.0605. The van der Waals surface area contributed by atoms with Crippen LogP contribution in [0.4, 0.5) is 9.18 Å². The monoisotopic (exact) mass is 349 g/mol. The van der Waals surface area contributed by atoms with Gasteiger partial charge in [0, 0.05) is 10.9 Å². The molecule has 0 saturated heterocycles. The van der Waals surface area contributed by atoms with Gasteiger partial charge in [0.2, 0.25) is 5.91 Å². The fourth-order valence-corrected chi connectivity index (χ4v) is 2.79. The molecule has 0 aliphatic rings. The summed E-state index contributed by atoms with van der Waals surface area (Å²) >= 11 is 1.53. The minimum Gasteiger partial charge on any atom is -0.333 e. The highest BCUT2D eigenvalue weighted by Gasteiger charge is 2.16. The van der Waals surface area contributed by atoms with Gasteiger partial charge in [0.25, 0.3) is 0 Å². The Kier molecular flexibility index (Phi) is 6.45. The number of likely N-dealkylation sites (N-methyl/N-ethyl adjacent to an activating group) is 1. The van der Waals surface area contributed by atoms with Crippen LogP contribution in [0.2, 0.25) is 0 Å². The summed E-state index contributed by atoms with van der Waals surface area (Å²) in [6.07, 6.45) is 0. The van der Waals surface area contributed by atoms with E-state index in [1.54, 1.807) is 24.1 Å². The number of rotatable bonds is 6. The Morgan fingerprint density at radius 2 is 1.96 bits per heavy atom. The van der Waals surface area contributed by atoms with E-state index in [-0.39, 0.29) is 18.4 Å². The van der Waals surface area contributed by atoms with Crippen LogP contribution in [0.1, 0.15) is 23.4 Å². The zero-order valence-electron chi connectivity index (χ0n) is 13.6. The van der Waals surface area contributed by atoms with Gasteiger partial charge in [0.15, 0.2) is 0 Å². The molecule has 0 aliphatic heterocycles. The van der Waals surface area contributed by atoms with Crippen LogP contribution in [0.5, 0.6) is 0 Å². The van der Waals surface area contributed by atoms with Crippen molar-refractivity contribution in [1.29, 1.82) is 0 Å². The van der Waals surface area contributed by atoms with Gasteiger partial charge in [-0.05, 0) is 43.1 Å². The van der Waals surface area contributed by atoms with Crippen molar-refractivity contribution in [1.82, 2.24) is 15.5 Å². The molecule has 0 spiro atoms. The number of amides is 3. The second-order valence-electron chi connectivity index (χ2n) is 5.45. The van der Waals surface area contributed by atoms with E-state index in [0.717, 1.165) is 10.4 Å².